The molecule has 0 unspecified atom stereocenters. The molecule has 2 aliphatic rings. The van der Waals surface area contributed by atoms with Crippen LogP contribution in [-0.2, 0) is 9.47 Å². The number of rotatable bonds is 9. The van der Waals surface area contributed by atoms with Gasteiger partial charge in [-0.05, 0) is 13.8 Å². The normalized spacial score (nSPS) is 17.1. The molecule has 0 radical (unpaired) electrons. The number of anilines is 3. The molecule has 0 aliphatic carbocycles. The molecular weight excluding hydrogens is 486 g/mol. The molecule has 37 heavy (non-hydrogen) atoms. The molecule has 1 aromatic heterocycles. The minimum absolute atomic E-state index is 0.0437. The second kappa shape index (κ2) is 12.8. The van der Waals surface area contributed by atoms with E-state index in [1.807, 2.05) is 13.8 Å². The smallest absolute Gasteiger partial charge is 0.410 e. The van der Waals surface area contributed by atoms with Crippen LogP contribution in [0.5, 0.6) is 5.88 Å². The fourth-order valence-corrected chi connectivity index (χ4v) is 4.16. The van der Waals surface area contributed by atoms with Crippen LogP contribution in [0, 0.1) is 11.6 Å². The van der Waals surface area contributed by atoms with Gasteiger partial charge in [-0.1, -0.05) is 0 Å². The van der Waals surface area contributed by atoms with Gasteiger partial charge in [0.15, 0.2) is 0 Å². The zero-order valence-corrected chi connectivity index (χ0v) is 21.2. The van der Waals surface area contributed by atoms with Crippen molar-refractivity contribution in [1.82, 2.24) is 19.8 Å². The van der Waals surface area contributed by atoms with Crippen molar-refractivity contribution in [3.05, 3.63) is 36.2 Å². The summed E-state index contributed by atoms with van der Waals surface area (Å²) in [5, 5.41) is 5.76. The van der Waals surface area contributed by atoms with Gasteiger partial charge in [0.25, 0.3) is 0 Å². The average Bonchev–Trinajstić information content (AvgIpc) is 2.88. The first-order valence-corrected chi connectivity index (χ1v) is 12.6. The quantitative estimate of drug-likeness (QED) is 0.513. The number of likely N-dealkylation sites (tertiary alicyclic amines) is 1. The summed E-state index contributed by atoms with van der Waals surface area (Å²) in [7, 11) is 0. The lowest BCUT2D eigenvalue weighted by molar-refractivity contribution is 0.0398. The van der Waals surface area contributed by atoms with Crippen LogP contribution in [0.25, 0.3) is 0 Å². The van der Waals surface area contributed by atoms with Crippen LogP contribution < -0.4 is 15.4 Å². The molecule has 2 aromatic rings. The second-order valence-corrected chi connectivity index (χ2v) is 9.30. The van der Waals surface area contributed by atoms with Gasteiger partial charge >= 0.3 is 6.09 Å². The van der Waals surface area contributed by atoms with Crippen LogP contribution in [0.2, 0.25) is 0 Å². The molecule has 2 N–H and O–H groups in total. The number of piperidine rings is 1. The van der Waals surface area contributed by atoms with E-state index in [0.29, 0.717) is 51.6 Å². The highest BCUT2D eigenvalue weighted by Gasteiger charge is 2.25. The van der Waals surface area contributed by atoms with E-state index in [-0.39, 0.29) is 35.5 Å². The number of benzene rings is 1. The summed E-state index contributed by atoms with van der Waals surface area (Å²) >= 11 is 0. The molecule has 0 bridgehead atoms. The molecule has 2 aliphatic heterocycles. The molecular formula is C25H34F2N6O4. The van der Waals surface area contributed by atoms with Gasteiger partial charge in [-0.3, -0.25) is 4.90 Å². The third kappa shape index (κ3) is 7.86. The molecule has 10 nitrogen and oxygen atoms in total. The maximum absolute atomic E-state index is 14.7. The van der Waals surface area contributed by atoms with Crippen LogP contribution in [0.3, 0.4) is 0 Å². The molecule has 3 heterocycles. The highest BCUT2D eigenvalue weighted by molar-refractivity contribution is 5.68. The number of carbonyl (C=O) groups excluding carboxylic acids is 1. The largest absolute Gasteiger partial charge is 0.474 e. The van der Waals surface area contributed by atoms with Crippen molar-refractivity contribution in [2.24, 2.45) is 0 Å². The first kappa shape index (κ1) is 26.8. The number of nitrogens with zero attached hydrogens (tertiary/aromatic N) is 4. The Bertz CT molecular complexity index is 1050. The monoisotopic (exact) mass is 520 g/mol. The minimum Gasteiger partial charge on any atom is -0.474 e. The third-order valence-corrected chi connectivity index (χ3v) is 6.13. The van der Waals surface area contributed by atoms with Crippen LogP contribution >= 0.6 is 0 Å². The lowest BCUT2D eigenvalue weighted by atomic mass is 10.1. The molecule has 0 atom stereocenters. The molecule has 1 aromatic carbocycles. The van der Waals surface area contributed by atoms with Crippen molar-refractivity contribution >= 4 is 23.3 Å². The highest BCUT2D eigenvalue weighted by atomic mass is 19.1. The van der Waals surface area contributed by atoms with Crippen molar-refractivity contribution in [2.45, 2.75) is 38.9 Å². The second-order valence-electron chi connectivity index (χ2n) is 9.30. The van der Waals surface area contributed by atoms with Gasteiger partial charge in [-0.15, -0.1) is 0 Å². The Kier molecular flexibility index (Phi) is 9.29. The van der Waals surface area contributed by atoms with Crippen LogP contribution in [0.15, 0.2) is 24.5 Å². The number of carbonyl (C=O) groups is 1. The van der Waals surface area contributed by atoms with Gasteiger partial charge in [0.05, 0.1) is 30.7 Å². The molecule has 2 saturated heterocycles. The number of halogens is 2. The van der Waals surface area contributed by atoms with Crippen LogP contribution in [0.4, 0.5) is 30.8 Å². The molecule has 0 spiro atoms. The molecule has 12 heteroatoms. The molecule has 202 valence electrons. The number of hydrogen-bond donors (Lipinski definition) is 2. The number of hydrogen-bond acceptors (Lipinski definition) is 9. The van der Waals surface area contributed by atoms with E-state index in [1.165, 1.54) is 12.4 Å². The summed E-state index contributed by atoms with van der Waals surface area (Å²) in [6, 6.07) is 3.76. The zero-order chi connectivity index (χ0) is 26.2. The minimum atomic E-state index is -0.614. The summed E-state index contributed by atoms with van der Waals surface area (Å²) in [4.78, 5) is 24.1. The first-order chi connectivity index (χ1) is 17.9. The Morgan fingerprint density at radius 2 is 1.78 bits per heavy atom. The van der Waals surface area contributed by atoms with E-state index in [1.54, 1.807) is 4.90 Å². The van der Waals surface area contributed by atoms with E-state index in [9.17, 15) is 13.6 Å². The Morgan fingerprint density at radius 1 is 1.08 bits per heavy atom. The number of morpholine rings is 1. The van der Waals surface area contributed by atoms with E-state index >= 15 is 0 Å². The molecule has 2 fully saturated rings. The Morgan fingerprint density at radius 3 is 2.51 bits per heavy atom. The van der Waals surface area contributed by atoms with Crippen molar-refractivity contribution in [1.29, 1.82) is 0 Å². The summed E-state index contributed by atoms with van der Waals surface area (Å²) in [6.07, 6.45) is 1.92. The predicted molar refractivity (Wildman–Crippen MR) is 134 cm³/mol. The first-order valence-electron chi connectivity index (χ1n) is 12.6. The Labute approximate surface area is 215 Å². The number of ether oxygens (including phenoxy) is 3. The van der Waals surface area contributed by atoms with Crippen LogP contribution in [-0.4, -0.2) is 90.6 Å². The summed E-state index contributed by atoms with van der Waals surface area (Å²) in [5.74, 6) is -0.603. The fourth-order valence-electron chi connectivity index (χ4n) is 4.16. The van der Waals surface area contributed by atoms with Gasteiger partial charge in [-0.25, -0.2) is 23.5 Å². The van der Waals surface area contributed by atoms with Gasteiger partial charge in [0.2, 0.25) is 5.88 Å². The van der Waals surface area contributed by atoms with E-state index in [4.69, 9.17) is 14.2 Å². The molecule has 0 saturated carbocycles. The van der Waals surface area contributed by atoms with Crippen LogP contribution in [0.1, 0.15) is 26.7 Å². The number of nitrogens with one attached hydrogen (secondary N) is 2. The number of aromatic nitrogens is 2. The zero-order valence-electron chi connectivity index (χ0n) is 21.2. The Hall–Kier alpha value is -3.25. The van der Waals surface area contributed by atoms with Crippen molar-refractivity contribution in [3.8, 4) is 5.88 Å². The molecule has 4 rings (SSSR count). The predicted octanol–water partition coefficient (Wildman–Crippen LogP) is 3.63. The van der Waals surface area contributed by atoms with Gasteiger partial charge in [-0.2, -0.15) is 0 Å². The SMILES string of the molecule is CC(C)OC(=O)N1CCC(Oc2cc(Nc3cc(F)c(NCCN4CCOCC4)cc3F)ncn2)CC1. The lowest BCUT2D eigenvalue weighted by Crippen LogP contribution is -2.42. The van der Waals surface area contributed by atoms with E-state index < -0.39 is 11.6 Å². The topological polar surface area (TPSA) is 101 Å². The fraction of sp³-hybridized carbons (Fsp3) is 0.560. The van der Waals surface area contributed by atoms with Crippen molar-refractivity contribution in [3.63, 3.8) is 0 Å². The highest BCUT2D eigenvalue weighted by Crippen LogP contribution is 2.27. The lowest BCUT2D eigenvalue weighted by Gasteiger charge is -2.31. The van der Waals surface area contributed by atoms with Crippen molar-refractivity contribution in [2.75, 3.05) is 63.1 Å². The maximum atomic E-state index is 14.7. The van der Waals surface area contributed by atoms with Gasteiger partial charge in [0.1, 0.15) is 29.9 Å². The summed E-state index contributed by atoms with van der Waals surface area (Å²) < 4.78 is 45.9. The standard InChI is InChI=1S/C25H34F2N6O4/c1-17(2)36-25(34)33-6-3-18(4-7-33)37-24-15-23(29-16-30-24)31-22-14-19(26)21(13-20(22)27)28-5-8-32-9-11-35-12-10-32/h13-18,28H,3-12H2,1-2H3,(H,29,30,31). The summed E-state index contributed by atoms with van der Waals surface area (Å²) in [5.41, 5.74) is 0.0597. The Balaban J connectivity index is 1.29. The average molecular weight is 521 g/mol. The number of amides is 1. The maximum Gasteiger partial charge on any atom is 0.410 e. The van der Waals surface area contributed by atoms with E-state index in [2.05, 4.69) is 25.5 Å². The van der Waals surface area contributed by atoms with Gasteiger partial charge in [0, 0.05) is 70.3 Å². The summed E-state index contributed by atoms with van der Waals surface area (Å²) in [6.45, 7) is 8.91. The van der Waals surface area contributed by atoms with Crippen molar-refractivity contribution < 1.29 is 27.8 Å². The van der Waals surface area contributed by atoms with Gasteiger partial charge < -0.3 is 29.7 Å². The molecule has 1 amide bonds. The van der Waals surface area contributed by atoms with E-state index in [0.717, 1.165) is 31.8 Å². The third-order valence-electron chi connectivity index (χ3n) is 6.13.